The molecular formula is C6H15N3. The van der Waals surface area contributed by atoms with Gasteiger partial charge in [0.15, 0.2) is 0 Å². The second kappa shape index (κ2) is 4.32. The minimum atomic E-state index is 0.0219. The number of aliphatic imine (C=N–C) groups is 1. The van der Waals surface area contributed by atoms with Crippen LogP contribution in [-0.2, 0) is 0 Å². The molecule has 0 bridgehead atoms. The Hall–Kier alpha value is -0.570. The normalized spacial score (nSPS) is 14.8. The Bertz CT molecular complexity index is 88.3. The van der Waals surface area contributed by atoms with Crippen molar-refractivity contribution in [2.45, 2.75) is 20.0 Å². The summed E-state index contributed by atoms with van der Waals surface area (Å²) in [5.74, 6) is 0.447. The summed E-state index contributed by atoms with van der Waals surface area (Å²) in [6.45, 7) is 4.11. The number of nitrogens with zero attached hydrogens (tertiary/aromatic N) is 1. The van der Waals surface area contributed by atoms with Crippen LogP contribution in [-0.4, -0.2) is 19.6 Å². The first-order valence-corrected chi connectivity index (χ1v) is 3.10. The van der Waals surface area contributed by atoms with Crippen molar-refractivity contribution < 1.29 is 0 Å². The van der Waals surface area contributed by atoms with Crippen molar-refractivity contribution in [3.63, 3.8) is 0 Å². The number of nitrogens with two attached hydrogens (primary N) is 1. The minimum absolute atomic E-state index is 0.0219. The maximum atomic E-state index is 5.60. The van der Waals surface area contributed by atoms with Gasteiger partial charge in [0.25, 0.3) is 0 Å². The molecule has 1 atom stereocenters. The first-order valence-electron chi connectivity index (χ1n) is 3.10. The number of hydrogen-bond donors (Lipinski definition) is 2. The third-order valence-corrected chi connectivity index (χ3v) is 1.11. The summed E-state index contributed by atoms with van der Waals surface area (Å²) >= 11 is 0. The fraction of sp³-hybridized carbons (Fsp3) is 0.833. The van der Waals surface area contributed by atoms with E-state index in [0.29, 0.717) is 5.92 Å². The van der Waals surface area contributed by atoms with E-state index >= 15 is 0 Å². The van der Waals surface area contributed by atoms with Crippen molar-refractivity contribution in [2.75, 3.05) is 7.05 Å². The van der Waals surface area contributed by atoms with Crippen molar-refractivity contribution in [1.82, 2.24) is 5.32 Å². The van der Waals surface area contributed by atoms with Crippen LogP contribution in [0.15, 0.2) is 4.99 Å². The van der Waals surface area contributed by atoms with Crippen LogP contribution in [0.25, 0.3) is 0 Å². The second-order valence-corrected chi connectivity index (χ2v) is 2.32. The summed E-state index contributed by atoms with van der Waals surface area (Å²) in [7, 11) is 1.71. The summed E-state index contributed by atoms with van der Waals surface area (Å²) in [4.78, 5) is 3.74. The van der Waals surface area contributed by atoms with Crippen molar-refractivity contribution in [3.05, 3.63) is 0 Å². The van der Waals surface area contributed by atoms with Gasteiger partial charge >= 0.3 is 0 Å². The van der Waals surface area contributed by atoms with Crippen LogP contribution in [0.4, 0.5) is 0 Å². The summed E-state index contributed by atoms with van der Waals surface area (Å²) in [5, 5.41) is 2.92. The fourth-order valence-electron chi connectivity index (χ4n) is 0.353. The van der Waals surface area contributed by atoms with Crippen molar-refractivity contribution in [1.29, 1.82) is 0 Å². The summed E-state index contributed by atoms with van der Waals surface area (Å²) in [6, 6.07) is 0. The Labute approximate surface area is 56.3 Å². The highest BCUT2D eigenvalue weighted by Crippen LogP contribution is 1.91. The van der Waals surface area contributed by atoms with Gasteiger partial charge in [-0.15, -0.1) is 0 Å². The molecule has 0 fully saturated rings. The fourth-order valence-corrected chi connectivity index (χ4v) is 0.353. The molecule has 0 amide bonds. The van der Waals surface area contributed by atoms with Crippen LogP contribution in [0.5, 0.6) is 0 Å². The number of hydrogen-bond acceptors (Lipinski definition) is 2. The Morgan fingerprint density at radius 1 is 1.56 bits per heavy atom. The van der Waals surface area contributed by atoms with Gasteiger partial charge in [-0.2, -0.15) is 0 Å². The molecule has 0 saturated heterocycles. The van der Waals surface area contributed by atoms with E-state index in [1.807, 2.05) is 0 Å². The van der Waals surface area contributed by atoms with Crippen LogP contribution in [0, 0.1) is 5.92 Å². The van der Waals surface area contributed by atoms with Crippen LogP contribution in [0.3, 0.4) is 0 Å². The average molecular weight is 129 g/mol. The highest BCUT2D eigenvalue weighted by Gasteiger charge is 2.02. The average Bonchev–Trinajstić information content (AvgIpc) is 1.82. The molecule has 3 heteroatoms. The van der Waals surface area contributed by atoms with Gasteiger partial charge in [-0.3, -0.25) is 4.99 Å². The maximum Gasteiger partial charge on any atom is 0.0832 e. The molecule has 0 aliphatic heterocycles. The molecule has 0 heterocycles. The second-order valence-electron chi connectivity index (χ2n) is 2.32. The Morgan fingerprint density at radius 3 is 2.44 bits per heavy atom. The quantitative estimate of drug-likeness (QED) is 0.324. The van der Waals surface area contributed by atoms with Gasteiger partial charge in [0.05, 0.1) is 12.5 Å². The zero-order valence-electron chi connectivity index (χ0n) is 6.26. The zero-order valence-corrected chi connectivity index (χ0v) is 6.26. The SMILES string of the molecule is CN=CNC(N)C(C)C. The molecule has 0 saturated carbocycles. The zero-order chi connectivity index (χ0) is 7.28. The highest BCUT2D eigenvalue weighted by atomic mass is 15.0. The largest absolute Gasteiger partial charge is 0.361 e. The van der Waals surface area contributed by atoms with Crippen LogP contribution < -0.4 is 11.1 Å². The molecule has 3 nitrogen and oxygen atoms in total. The molecule has 9 heavy (non-hydrogen) atoms. The monoisotopic (exact) mass is 129 g/mol. The van der Waals surface area contributed by atoms with Gasteiger partial charge in [0.2, 0.25) is 0 Å². The molecule has 0 radical (unpaired) electrons. The molecule has 1 unspecified atom stereocenters. The molecule has 0 aliphatic rings. The first kappa shape index (κ1) is 8.43. The van der Waals surface area contributed by atoms with Gasteiger partial charge < -0.3 is 11.1 Å². The van der Waals surface area contributed by atoms with E-state index < -0.39 is 0 Å². The third-order valence-electron chi connectivity index (χ3n) is 1.11. The predicted octanol–water partition coefficient (Wildman–Crippen LogP) is 0.175. The molecule has 54 valence electrons. The van der Waals surface area contributed by atoms with E-state index in [9.17, 15) is 0 Å². The van der Waals surface area contributed by atoms with Crippen molar-refractivity contribution in [2.24, 2.45) is 16.6 Å². The van der Waals surface area contributed by atoms with Gasteiger partial charge in [-0.05, 0) is 5.92 Å². The third kappa shape index (κ3) is 3.97. The van der Waals surface area contributed by atoms with Crippen molar-refractivity contribution >= 4 is 6.34 Å². The summed E-state index contributed by atoms with van der Waals surface area (Å²) in [5.41, 5.74) is 5.60. The Balaban J connectivity index is 3.38. The summed E-state index contributed by atoms with van der Waals surface area (Å²) < 4.78 is 0. The standard InChI is InChI=1S/C6H15N3/c1-5(2)6(7)9-4-8-3/h4-6H,7H2,1-3H3,(H,8,9). The lowest BCUT2D eigenvalue weighted by Crippen LogP contribution is -2.40. The van der Waals surface area contributed by atoms with E-state index in [2.05, 4.69) is 24.2 Å². The Kier molecular flexibility index (Phi) is 4.05. The van der Waals surface area contributed by atoms with Crippen LogP contribution in [0.2, 0.25) is 0 Å². The van der Waals surface area contributed by atoms with Crippen molar-refractivity contribution in [3.8, 4) is 0 Å². The number of rotatable bonds is 3. The molecular weight excluding hydrogens is 114 g/mol. The molecule has 0 aromatic carbocycles. The lowest BCUT2D eigenvalue weighted by atomic mass is 10.2. The maximum absolute atomic E-state index is 5.60. The van der Waals surface area contributed by atoms with E-state index in [0.717, 1.165) is 0 Å². The molecule has 0 rings (SSSR count). The van der Waals surface area contributed by atoms with E-state index in [1.165, 1.54) is 0 Å². The van der Waals surface area contributed by atoms with Gasteiger partial charge in [0.1, 0.15) is 0 Å². The van der Waals surface area contributed by atoms with E-state index in [1.54, 1.807) is 13.4 Å². The van der Waals surface area contributed by atoms with Gasteiger partial charge in [0, 0.05) is 7.05 Å². The topological polar surface area (TPSA) is 50.4 Å². The van der Waals surface area contributed by atoms with Gasteiger partial charge in [-0.1, -0.05) is 13.8 Å². The van der Waals surface area contributed by atoms with E-state index in [-0.39, 0.29) is 6.17 Å². The lowest BCUT2D eigenvalue weighted by Gasteiger charge is -2.14. The molecule has 0 spiro atoms. The molecule has 3 N–H and O–H groups in total. The highest BCUT2D eigenvalue weighted by molar-refractivity contribution is 5.54. The Morgan fingerprint density at radius 2 is 2.11 bits per heavy atom. The van der Waals surface area contributed by atoms with Crippen LogP contribution >= 0.6 is 0 Å². The smallest absolute Gasteiger partial charge is 0.0832 e. The molecule has 0 aromatic rings. The minimum Gasteiger partial charge on any atom is -0.361 e. The molecule has 0 aliphatic carbocycles. The lowest BCUT2D eigenvalue weighted by molar-refractivity contribution is 0.471. The van der Waals surface area contributed by atoms with Crippen LogP contribution in [0.1, 0.15) is 13.8 Å². The molecule has 0 aromatic heterocycles. The van der Waals surface area contributed by atoms with E-state index in [4.69, 9.17) is 5.73 Å². The van der Waals surface area contributed by atoms with Gasteiger partial charge in [-0.25, -0.2) is 0 Å². The number of nitrogens with one attached hydrogen (secondary N) is 1. The summed E-state index contributed by atoms with van der Waals surface area (Å²) in [6.07, 6.45) is 1.64. The first-order chi connectivity index (χ1) is 4.18. The predicted molar refractivity (Wildman–Crippen MR) is 40.4 cm³/mol.